The third kappa shape index (κ3) is 7.29. The number of fused-ring (bicyclic) bond motifs is 1. The van der Waals surface area contributed by atoms with E-state index in [1.165, 1.54) is 0 Å². The number of nitrogens with two attached hydrogens (primary N) is 2. The summed E-state index contributed by atoms with van der Waals surface area (Å²) < 4.78 is 16.6. The number of aliphatic carboxylic acids is 1. The number of nitrogens with zero attached hydrogens (tertiary/aromatic N) is 1. The monoisotopic (exact) mass is 471 g/mol. The molecule has 1 aliphatic heterocycles. The Labute approximate surface area is 194 Å². The lowest BCUT2D eigenvalue weighted by Crippen LogP contribution is -2.43. The number of benzene rings is 2. The van der Waals surface area contributed by atoms with Crippen molar-refractivity contribution in [3.8, 4) is 17.2 Å². The molecule has 2 unspecified atom stereocenters. The van der Waals surface area contributed by atoms with Gasteiger partial charge in [-0.2, -0.15) is 0 Å². The lowest BCUT2D eigenvalue weighted by atomic mass is 10.1. The third-order valence-electron chi connectivity index (χ3n) is 4.64. The normalized spacial score (nSPS) is 14.9. The number of carbonyl (C=O) groups excluding carboxylic acids is 2. The number of carboxylic acid groups (broad SMARTS) is 1. The van der Waals surface area contributed by atoms with Crippen LogP contribution in [0.2, 0.25) is 0 Å². The Kier molecular flexibility index (Phi) is 8.11. The number of guanidine groups is 1. The number of rotatable bonds is 9. The largest absolute Gasteiger partial charge is 0.486 e. The van der Waals surface area contributed by atoms with Crippen LogP contribution in [0.1, 0.15) is 5.56 Å². The Balaban J connectivity index is 1.54. The number of nitrogens with one attached hydrogen (secondary N) is 2. The van der Waals surface area contributed by atoms with Crippen LogP contribution in [0.4, 0.5) is 4.79 Å². The fourth-order valence-electron chi connectivity index (χ4n) is 3.04. The van der Waals surface area contributed by atoms with Crippen LogP contribution in [-0.4, -0.2) is 60.9 Å². The predicted octanol–water partition coefficient (Wildman–Crippen LogP) is 0.000300. The molecule has 180 valence electrons. The molecule has 0 bridgehead atoms. The molecule has 0 fully saturated rings. The van der Waals surface area contributed by atoms with Crippen LogP contribution >= 0.6 is 0 Å². The van der Waals surface area contributed by atoms with Crippen molar-refractivity contribution < 1.29 is 33.7 Å². The molecule has 0 saturated heterocycles. The van der Waals surface area contributed by atoms with E-state index in [1.54, 1.807) is 48.5 Å². The zero-order valence-electron chi connectivity index (χ0n) is 18.1. The van der Waals surface area contributed by atoms with Gasteiger partial charge >= 0.3 is 12.1 Å². The van der Waals surface area contributed by atoms with Crippen molar-refractivity contribution in [2.75, 3.05) is 19.7 Å². The maximum absolute atomic E-state index is 12.1. The number of carboxylic acids is 1. The summed E-state index contributed by atoms with van der Waals surface area (Å²) in [5.41, 5.74) is 11.0. The Bertz CT molecular complexity index is 1060. The van der Waals surface area contributed by atoms with E-state index < -0.39 is 24.2 Å². The van der Waals surface area contributed by atoms with Crippen molar-refractivity contribution in [1.82, 2.24) is 10.6 Å². The van der Waals surface area contributed by atoms with Gasteiger partial charge in [-0.15, -0.1) is 0 Å². The van der Waals surface area contributed by atoms with Gasteiger partial charge in [0.15, 0.2) is 17.5 Å². The molecule has 12 nitrogen and oxygen atoms in total. The summed E-state index contributed by atoms with van der Waals surface area (Å²) in [6, 6.07) is 12.0. The molecule has 0 saturated carbocycles. The number of carbonyl (C=O) groups is 3. The maximum Gasteiger partial charge on any atom is 0.413 e. The molecule has 1 heterocycles. The number of para-hydroxylation sites is 1. The lowest BCUT2D eigenvalue weighted by molar-refractivity contribution is -0.139. The molecule has 0 aliphatic carbocycles. The quantitative estimate of drug-likeness (QED) is 0.248. The molecule has 2 aromatic rings. The van der Waals surface area contributed by atoms with Crippen LogP contribution in [0.15, 0.2) is 53.5 Å². The predicted molar refractivity (Wildman–Crippen MR) is 121 cm³/mol. The van der Waals surface area contributed by atoms with Crippen LogP contribution in [0.3, 0.4) is 0 Å². The fourth-order valence-corrected chi connectivity index (χ4v) is 3.04. The average Bonchev–Trinajstić information content (AvgIpc) is 2.81. The Morgan fingerprint density at radius 1 is 1.15 bits per heavy atom. The smallest absolute Gasteiger partial charge is 0.413 e. The Morgan fingerprint density at radius 2 is 1.91 bits per heavy atom. The summed E-state index contributed by atoms with van der Waals surface area (Å²) >= 11 is 0. The first-order chi connectivity index (χ1) is 16.3. The molecule has 0 aromatic heterocycles. The van der Waals surface area contributed by atoms with Gasteiger partial charge in [0, 0.05) is 6.42 Å². The second-order valence-corrected chi connectivity index (χ2v) is 7.32. The molecule has 2 atom stereocenters. The van der Waals surface area contributed by atoms with E-state index in [2.05, 4.69) is 15.6 Å². The zero-order valence-corrected chi connectivity index (χ0v) is 18.1. The van der Waals surface area contributed by atoms with E-state index >= 15 is 0 Å². The minimum absolute atomic E-state index is 0.000139. The summed E-state index contributed by atoms with van der Waals surface area (Å²) in [6.07, 6.45) is -1.30. The van der Waals surface area contributed by atoms with Gasteiger partial charge in [0.1, 0.15) is 31.0 Å². The maximum atomic E-state index is 12.1. The summed E-state index contributed by atoms with van der Waals surface area (Å²) in [6.45, 7) is 0.172. The third-order valence-corrected chi connectivity index (χ3v) is 4.64. The highest BCUT2D eigenvalue weighted by atomic mass is 16.6. The molecule has 1 aliphatic rings. The van der Waals surface area contributed by atoms with Gasteiger partial charge in [0.05, 0.1) is 6.54 Å². The zero-order chi connectivity index (χ0) is 24.5. The standard InChI is InChI=1S/C22H25N5O7/c23-21(24)26-11-19(28)25-10-15-12-32-18-9-13(6-7-17(18)33-15)8-16(20(29)30)27-22(31)34-14-4-2-1-3-5-14/h1-7,9,15-16H,8,10-12H2,(H,25,28)(H,27,31)(H,29,30)(H4,23,24,26). The van der Waals surface area contributed by atoms with E-state index in [0.29, 0.717) is 22.8 Å². The molecule has 0 radical (unpaired) electrons. The van der Waals surface area contributed by atoms with Gasteiger partial charge in [-0.1, -0.05) is 24.3 Å². The molecule has 0 spiro atoms. The highest BCUT2D eigenvalue weighted by Crippen LogP contribution is 2.32. The second-order valence-electron chi connectivity index (χ2n) is 7.32. The van der Waals surface area contributed by atoms with Crippen molar-refractivity contribution in [2.24, 2.45) is 16.5 Å². The first-order valence-electron chi connectivity index (χ1n) is 10.3. The van der Waals surface area contributed by atoms with Crippen LogP contribution < -0.4 is 36.3 Å². The number of hydrogen-bond acceptors (Lipinski definition) is 7. The molecule has 2 aromatic carbocycles. The van der Waals surface area contributed by atoms with E-state index in [1.807, 2.05) is 0 Å². The molecule has 2 amide bonds. The first-order valence-corrected chi connectivity index (χ1v) is 10.3. The Hall–Kier alpha value is -4.48. The molecule has 12 heteroatoms. The van der Waals surface area contributed by atoms with Crippen molar-refractivity contribution >= 4 is 23.9 Å². The van der Waals surface area contributed by atoms with Crippen LogP contribution in [0.25, 0.3) is 0 Å². The number of amides is 2. The van der Waals surface area contributed by atoms with Crippen LogP contribution in [-0.2, 0) is 16.0 Å². The van der Waals surface area contributed by atoms with Crippen molar-refractivity contribution in [3.05, 3.63) is 54.1 Å². The Morgan fingerprint density at radius 3 is 2.62 bits per heavy atom. The summed E-state index contributed by atoms with van der Waals surface area (Å²) in [5.74, 6) is -0.582. The number of ether oxygens (including phenoxy) is 3. The minimum atomic E-state index is -1.22. The fraction of sp³-hybridized carbons (Fsp3) is 0.273. The van der Waals surface area contributed by atoms with Crippen molar-refractivity contribution in [1.29, 1.82) is 0 Å². The number of hydrogen-bond donors (Lipinski definition) is 5. The van der Waals surface area contributed by atoms with Crippen LogP contribution in [0, 0.1) is 0 Å². The van der Waals surface area contributed by atoms with Crippen molar-refractivity contribution in [2.45, 2.75) is 18.6 Å². The topological polar surface area (TPSA) is 188 Å². The molecule has 7 N–H and O–H groups in total. The van der Waals surface area contributed by atoms with E-state index in [0.717, 1.165) is 0 Å². The highest BCUT2D eigenvalue weighted by molar-refractivity contribution is 5.83. The van der Waals surface area contributed by atoms with E-state index in [4.69, 9.17) is 25.7 Å². The van der Waals surface area contributed by atoms with Crippen molar-refractivity contribution in [3.63, 3.8) is 0 Å². The summed E-state index contributed by atoms with van der Waals surface area (Å²) in [7, 11) is 0. The summed E-state index contributed by atoms with van der Waals surface area (Å²) in [5, 5.41) is 14.5. The van der Waals surface area contributed by atoms with Gasteiger partial charge in [-0.25, -0.2) is 14.6 Å². The first kappa shape index (κ1) is 24.2. The highest BCUT2D eigenvalue weighted by Gasteiger charge is 2.25. The molecular formula is C22H25N5O7. The van der Waals surface area contributed by atoms with Crippen LogP contribution in [0.5, 0.6) is 17.2 Å². The molecular weight excluding hydrogens is 446 g/mol. The van der Waals surface area contributed by atoms with Gasteiger partial charge in [-0.05, 0) is 29.8 Å². The van der Waals surface area contributed by atoms with Gasteiger partial charge in [0.2, 0.25) is 5.91 Å². The SMILES string of the molecule is NC(N)=NCC(=O)NCC1COc2cc(CC(NC(=O)Oc3ccccc3)C(=O)O)ccc2O1. The molecule has 34 heavy (non-hydrogen) atoms. The minimum Gasteiger partial charge on any atom is -0.486 e. The summed E-state index contributed by atoms with van der Waals surface area (Å²) in [4.78, 5) is 39.1. The average molecular weight is 471 g/mol. The van der Waals surface area contributed by atoms with E-state index in [9.17, 15) is 19.5 Å². The van der Waals surface area contributed by atoms with Gasteiger partial charge in [0.25, 0.3) is 0 Å². The number of aliphatic imine (C=N–C) groups is 1. The second kappa shape index (κ2) is 11.4. The van der Waals surface area contributed by atoms with Gasteiger partial charge in [-0.3, -0.25) is 4.79 Å². The molecule has 3 rings (SSSR count). The lowest BCUT2D eigenvalue weighted by Gasteiger charge is -2.27. The van der Waals surface area contributed by atoms with Gasteiger partial charge < -0.3 is 41.4 Å². The van der Waals surface area contributed by atoms with E-state index in [-0.39, 0.29) is 38.0 Å².